The lowest BCUT2D eigenvalue weighted by atomic mass is 10.1. The number of hydrogen-bond donors (Lipinski definition) is 3. The fraction of sp³-hybridized carbons (Fsp3) is 0.160. The summed E-state index contributed by atoms with van der Waals surface area (Å²) in [5.41, 5.74) is 4.36. The maximum Gasteiger partial charge on any atom is 0.335 e. The van der Waals surface area contributed by atoms with Crippen molar-refractivity contribution in [1.82, 2.24) is 15.6 Å². The van der Waals surface area contributed by atoms with E-state index >= 15 is 0 Å². The van der Waals surface area contributed by atoms with Gasteiger partial charge in [0.15, 0.2) is 0 Å². The molecular formula is C25H23N3O3S. The molecule has 3 N–H and O–H groups in total. The van der Waals surface area contributed by atoms with Crippen molar-refractivity contribution < 1.29 is 14.7 Å². The first-order valence-electron chi connectivity index (χ1n) is 10.3. The molecule has 6 nitrogen and oxygen atoms in total. The van der Waals surface area contributed by atoms with E-state index in [4.69, 9.17) is 5.11 Å². The molecule has 0 unspecified atom stereocenters. The van der Waals surface area contributed by atoms with Gasteiger partial charge in [0.05, 0.1) is 22.2 Å². The molecule has 162 valence electrons. The van der Waals surface area contributed by atoms with Crippen LogP contribution in [0.3, 0.4) is 0 Å². The van der Waals surface area contributed by atoms with Crippen LogP contribution in [0.25, 0.3) is 21.3 Å². The molecule has 0 bridgehead atoms. The smallest absolute Gasteiger partial charge is 0.335 e. The summed E-state index contributed by atoms with van der Waals surface area (Å²) >= 11 is 1.54. The van der Waals surface area contributed by atoms with Crippen LogP contribution in [0.2, 0.25) is 0 Å². The molecular weight excluding hydrogens is 422 g/mol. The van der Waals surface area contributed by atoms with Gasteiger partial charge in [-0.25, -0.2) is 9.78 Å². The van der Waals surface area contributed by atoms with Crippen molar-refractivity contribution in [3.8, 4) is 11.1 Å². The van der Waals surface area contributed by atoms with Crippen LogP contribution in [-0.4, -0.2) is 35.1 Å². The second-order valence-corrected chi connectivity index (χ2v) is 8.48. The van der Waals surface area contributed by atoms with Gasteiger partial charge in [0.25, 0.3) is 0 Å². The first kappa shape index (κ1) is 21.7. The van der Waals surface area contributed by atoms with Crippen LogP contribution in [0.4, 0.5) is 0 Å². The SMILES string of the molecule is O=C(Cc1nc2ccc(-c3ccccc3)cc2s1)NCCNCc1cccc(C(=O)O)c1. The number of carboxylic acid groups (broad SMARTS) is 1. The Labute approximate surface area is 189 Å². The lowest BCUT2D eigenvalue weighted by molar-refractivity contribution is -0.120. The first-order valence-corrected chi connectivity index (χ1v) is 11.1. The van der Waals surface area contributed by atoms with E-state index in [9.17, 15) is 9.59 Å². The van der Waals surface area contributed by atoms with Gasteiger partial charge >= 0.3 is 5.97 Å². The summed E-state index contributed by atoms with van der Waals surface area (Å²) in [6.07, 6.45) is 0.251. The highest BCUT2D eigenvalue weighted by Crippen LogP contribution is 2.28. The molecule has 0 atom stereocenters. The van der Waals surface area contributed by atoms with Gasteiger partial charge in [0.2, 0.25) is 5.91 Å². The van der Waals surface area contributed by atoms with Crippen LogP contribution in [-0.2, 0) is 17.8 Å². The molecule has 0 aliphatic carbocycles. The third-order valence-electron chi connectivity index (χ3n) is 4.98. The van der Waals surface area contributed by atoms with Crippen molar-refractivity contribution in [2.75, 3.05) is 13.1 Å². The number of hydrogen-bond acceptors (Lipinski definition) is 5. The van der Waals surface area contributed by atoms with Crippen LogP contribution < -0.4 is 10.6 Å². The molecule has 1 amide bonds. The van der Waals surface area contributed by atoms with Gasteiger partial charge in [0.1, 0.15) is 5.01 Å². The summed E-state index contributed by atoms with van der Waals surface area (Å²) in [5.74, 6) is -1.01. The topological polar surface area (TPSA) is 91.3 Å². The number of rotatable bonds is 9. The van der Waals surface area contributed by atoms with Crippen LogP contribution in [0, 0.1) is 0 Å². The largest absolute Gasteiger partial charge is 0.478 e. The van der Waals surface area contributed by atoms with Crippen LogP contribution in [0.15, 0.2) is 72.8 Å². The molecule has 3 aromatic carbocycles. The Morgan fingerprint density at radius 2 is 1.75 bits per heavy atom. The number of thiazole rings is 1. The average molecular weight is 446 g/mol. The number of carbonyl (C=O) groups is 2. The number of aromatic nitrogens is 1. The van der Waals surface area contributed by atoms with E-state index in [2.05, 4.69) is 39.9 Å². The third-order valence-corrected chi connectivity index (χ3v) is 6.00. The Kier molecular flexibility index (Phi) is 6.89. The van der Waals surface area contributed by atoms with E-state index in [1.807, 2.05) is 30.3 Å². The molecule has 1 aromatic heterocycles. The van der Waals surface area contributed by atoms with E-state index in [0.29, 0.717) is 19.6 Å². The lowest BCUT2D eigenvalue weighted by Gasteiger charge is -2.07. The zero-order valence-electron chi connectivity index (χ0n) is 17.4. The number of carboxylic acids is 1. The molecule has 32 heavy (non-hydrogen) atoms. The van der Waals surface area contributed by atoms with Gasteiger partial charge in [-0.2, -0.15) is 0 Å². The minimum atomic E-state index is -0.940. The van der Waals surface area contributed by atoms with E-state index in [1.54, 1.807) is 29.5 Å². The van der Waals surface area contributed by atoms with Crippen molar-refractivity contribution in [1.29, 1.82) is 0 Å². The normalized spacial score (nSPS) is 10.9. The number of nitrogens with one attached hydrogen (secondary N) is 2. The van der Waals surface area contributed by atoms with E-state index in [-0.39, 0.29) is 17.9 Å². The second-order valence-electron chi connectivity index (χ2n) is 7.37. The van der Waals surface area contributed by atoms with Crippen molar-refractivity contribution in [3.05, 3.63) is 88.9 Å². The second kappa shape index (κ2) is 10.2. The summed E-state index contributed by atoms with van der Waals surface area (Å²) in [6, 6.07) is 23.2. The van der Waals surface area contributed by atoms with Gasteiger partial charge in [0, 0.05) is 19.6 Å². The van der Waals surface area contributed by atoms with Crippen molar-refractivity contribution in [3.63, 3.8) is 0 Å². The number of amides is 1. The van der Waals surface area contributed by atoms with Crippen molar-refractivity contribution >= 4 is 33.4 Å². The number of benzene rings is 3. The molecule has 0 aliphatic heterocycles. The number of carbonyl (C=O) groups excluding carboxylic acids is 1. The fourth-order valence-electron chi connectivity index (χ4n) is 3.40. The molecule has 0 aliphatic rings. The van der Waals surface area contributed by atoms with Crippen LogP contribution in [0.1, 0.15) is 20.9 Å². The monoisotopic (exact) mass is 445 g/mol. The molecule has 0 saturated heterocycles. The average Bonchev–Trinajstić information content (AvgIpc) is 3.21. The molecule has 4 aromatic rings. The predicted molar refractivity (Wildman–Crippen MR) is 127 cm³/mol. The Bertz CT molecular complexity index is 1240. The van der Waals surface area contributed by atoms with E-state index in [0.717, 1.165) is 31.9 Å². The third kappa shape index (κ3) is 5.57. The maximum absolute atomic E-state index is 12.3. The van der Waals surface area contributed by atoms with Crippen LogP contribution in [0.5, 0.6) is 0 Å². The summed E-state index contributed by atoms with van der Waals surface area (Å²) < 4.78 is 1.07. The van der Waals surface area contributed by atoms with Gasteiger partial charge in [-0.3, -0.25) is 4.79 Å². The molecule has 0 saturated carbocycles. The Balaban J connectivity index is 1.25. The summed E-state index contributed by atoms with van der Waals surface area (Å²) in [5, 5.41) is 15.9. The lowest BCUT2D eigenvalue weighted by Crippen LogP contribution is -2.32. The fourth-order valence-corrected chi connectivity index (χ4v) is 4.40. The summed E-state index contributed by atoms with van der Waals surface area (Å²) in [7, 11) is 0. The number of aromatic carboxylic acids is 1. The zero-order valence-corrected chi connectivity index (χ0v) is 18.2. The van der Waals surface area contributed by atoms with Crippen LogP contribution >= 0.6 is 11.3 Å². The predicted octanol–water partition coefficient (Wildman–Crippen LogP) is 4.11. The molecule has 7 heteroatoms. The number of fused-ring (bicyclic) bond motifs is 1. The molecule has 1 heterocycles. The summed E-state index contributed by atoms with van der Waals surface area (Å²) in [4.78, 5) is 27.9. The van der Waals surface area contributed by atoms with Crippen molar-refractivity contribution in [2.24, 2.45) is 0 Å². The van der Waals surface area contributed by atoms with Gasteiger partial charge in [-0.1, -0.05) is 48.5 Å². The standard InChI is InChI=1S/C25H23N3O3S/c29-23(27-12-11-26-16-17-5-4-8-20(13-17)25(30)31)15-24-28-21-10-9-19(14-22(21)32-24)18-6-2-1-3-7-18/h1-10,13-14,26H,11-12,15-16H2,(H,27,29)(H,30,31). The molecule has 0 radical (unpaired) electrons. The molecule has 4 rings (SSSR count). The number of nitrogens with zero attached hydrogens (tertiary/aromatic N) is 1. The van der Waals surface area contributed by atoms with E-state index < -0.39 is 5.97 Å². The Morgan fingerprint density at radius 1 is 0.906 bits per heavy atom. The highest BCUT2D eigenvalue weighted by atomic mass is 32.1. The van der Waals surface area contributed by atoms with Gasteiger partial charge in [-0.05, 0) is 41.0 Å². The maximum atomic E-state index is 12.3. The molecule has 0 spiro atoms. The first-order chi connectivity index (χ1) is 15.6. The van der Waals surface area contributed by atoms with Crippen molar-refractivity contribution in [2.45, 2.75) is 13.0 Å². The minimum Gasteiger partial charge on any atom is -0.478 e. The highest BCUT2D eigenvalue weighted by Gasteiger charge is 2.10. The zero-order chi connectivity index (χ0) is 22.3. The van der Waals surface area contributed by atoms with Gasteiger partial charge in [-0.15, -0.1) is 11.3 Å². The molecule has 0 fully saturated rings. The quantitative estimate of drug-likeness (QED) is 0.337. The highest BCUT2D eigenvalue weighted by molar-refractivity contribution is 7.18. The Morgan fingerprint density at radius 3 is 2.56 bits per heavy atom. The van der Waals surface area contributed by atoms with Gasteiger partial charge < -0.3 is 15.7 Å². The minimum absolute atomic E-state index is 0.0676. The Hall–Kier alpha value is -3.55. The summed E-state index contributed by atoms with van der Waals surface area (Å²) in [6.45, 7) is 1.61. The van der Waals surface area contributed by atoms with E-state index in [1.165, 1.54) is 0 Å².